The number of nitrogens with one attached hydrogen (secondary N) is 3. The lowest BCUT2D eigenvalue weighted by Gasteiger charge is -2.11. The zero-order valence-electron chi connectivity index (χ0n) is 16.5. The molecule has 0 aliphatic carbocycles. The molecule has 0 atom stereocenters. The minimum absolute atomic E-state index is 0. The lowest BCUT2D eigenvalue weighted by atomic mass is 10.2. The van der Waals surface area contributed by atoms with Crippen LogP contribution in [0.15, 0.2) is 34.2 Å². The van der Waals surface area contributed by atoms with E-state index in [9.17, 15) is 8.42 Å². The molecule has 1 rings (SSSR count). The van der Waals surface area contributed by atoms with Crippen molar-refractivity contribution in [2.75, 3.05) is 33.4 Å². The van der Waals surface area contributed by atoms with Crippen LogP contribution >= 0.6 is 24.0 Å². The highest BCUT2D eigenvalue weighted by Gasteiger charge is 2.12. The van der Waals surface area contributed by atoms with Gasteiger partial charge in [0.1, 0.15) is 0 Å². The number of rotatable bonds is 12. The van der Waals surface area contributed by atoms with Gasteiger partial charge in [-0.25, -0.2) is 18.1 Å². The van der Waals surface area contributed by atoms with Gasteiger partial charge in [0.2, 0.25) is 10.0 Å². The molecule has 0 aliphatic rings. The minimum Gasteiger partial charge on any atom is -0.383 e. The van der Waals surface area contributed by atoms with Crippen molar-refractivity contribution >= 4 is 40.0 Å². The molecule has 156 valence electrons. The van der Waals surface area contributed by atoms with Crippen molar-refractivity contribution in [2.24, 2.45) is 4.99 Å². The van der Waals surface area contributed by atoms with Gasteiger partial charge in [0.15, 0.2) is 5.96 Å². The van der Waals surface area contributed by atoms with Crippen LogP contribution in [0.2, 0.25) is 0 Å². The van der Waals surface area contributed by atoms with Crippen molar-refractivity contribution in [2.45, 2.75) is 44.6 Å². The van der Waals surface area contributed by atoms with Crippen molar-refractivity contribution in [1.82, 2.24) is 15.4 Å². The Morgan fingerprint density at radius 1 is 1.07 bits per heavy atom. The Bertz CT molecular complexity index is 637. The van der Waals surface area contributed by atoms with Crippen molar-refractivity contribution < 1.29 is 13.2 Å². The van der Waals surface area contributed by atoms with E-state index in [1.807, 2.05) is 6.92 Å². The summed E-state index contributed by atoms with van der Waals surface area (Å²) in [6.07, 6.45) is 3.50. The molecule has 0 bridgehead atoms. The molecular formula is C18H33IN4O3S. The predicted octanol–water partition coefficient (Wildman–Crippen LogP) is 2.47. The molecule has 0 radical (unpaired) electrons. The van der Waals surface area contributed by atoms with Crippen LogP contribution in [0.4, 0.5) is 0 Å². The fourth-order valence-corrected chi connectivity index (χ4v) is 3.24. The lowest BCUT2D eigenvalue weighted by molar-refractivity contribution is 0.204. The summed E-state index contributed by atoms with van der Waals surface area (Å²) in [6, 6.07) is 6.77. The summed E-state index contributed by atoms with van der Waals surface area (Å²) in [5.74, 6) is 0.779. The van der Waals surface area contributed by atoms with Gasteiger partial charge in [-0.15, -0.1) is 24.0 Å². The van der Waals surface area contributed by atoms with E-state index in [-0.39, 0.29) is 35.4 Å². The van der Waals surface area contributed by atoms with Crippen molar-refractivity contribution in [3.05, 3.63) is 29.8 Å². The number of aliphatic imine (C=N–C) groups is 1. The number of unbranched alkanes of at least 4 members (excludes halogenated alkanes) is 2. The number of benzene rings is 1. The second kappa shape index (κ2) is 15.1. The summed E-state index contributed by atoms with van der Waals surface area (Å²) in [7, 11) is -1.97. The molecule has 1 aromatic rings. The summed E-state index contributed by atoms with van der Waals surface area (Å²) < 4.78 is 31.6. The first kappa shape index (κ1) is 26.1. The van der Waals surface area contributed by atoms with Crippen LogP contribution in [0.1, 0.15) is 38.7 Å². The highest BCUT2D eigenvalue weighted by Crippen LogP contribution is 2.11. The summed E-state index contributed by atoms with van der Waals surface area (Å²) in [6.45, 7) is 6.97. The molecular weight excluding hydrogens is 479 g/mol. The van der Waals surface area contributed by atoms with Gasteiger partial charge in [0.05, 0.1) is 18.0 Å². The molecule has 0 saturated carbocycles. The number of sulfonamides is 1. The van der Waals surface area contributed by atoms with Crippen molar-refractivity contribution in [3.8, 4) is 0 Å². The number of halogens is 1. The Kier molecular flexibility index (Phi) is 14.6. The minimum atomic E-state index is -3.50. The highest BCUT2D eigenvalue weighted by molar-refractivity contribution is 14.0. The van der Waals surface area contributed by atoms with Gasteiger partial charge < -0.3 is 15.4 Å². The molecule has 0 fully saturated rings. The standard InChI is InChI=1S/C18H32N4O3S.HI/c1-4-6-7-12-20-18(19-5-2)21-15-16-8-10-17(11-9-16)26(23,24)22-13-14-25-3;/h8-11,22H,4-7,12-15H2,1-3H3,(H2,19,20,21);1H. The molecule has 0 unspecified atom stereocenters. The molecule has 3 N–H and O–H groups in total. The third-order valence-electron chi connectivity index (χ3n) is 3.67. The van der Waals surface area contributed by atoms with Gasteiger partial charge in [-0.05, 0) is 31.0 Å². The molecule has 27 heavy (non-hydrogen) atoms. The van der Waals surface area contributed by atoms with Crippen molar-refractivity contribution in [3.63, 3.8) is 0 Å². The molecule has 0 saturated heterocycles. The molecule has 0 amide bonds. The third-order valence-corrected chi connectivity index (χ3v) is 5.15. The average Bonchev–Trinajstić information content (AvgIpc) is 2.63. The summed E-state index contributed by atoms with van der Waals surface area (Å²) in [5.41, 5.74) is 0.951. The van der Waals surface area contributed by atoms with E-state index < -0.39 is 10.0 Å². The third kappa shape index (κ3) is 10.9. The number of hydrogen-bond donors (Lipinski definition) is 3. The normalized spacial score (nSPS) is 11.7. The van der Waals surface area contributed by atoms with Gasteiger partial charge >= 0.3 is 0 Å². The van der Waals surface area contributed by atoms with Gasteiger partial charge in [0.25, 0.3) is 0 Å². The maximum atomic E-state index is 12.1. The molecule has 0 aliphatic heterocycles. The number of guanidine groups is 1. The van der Waals surface area contributed by atoms with Crippen LogP contribution in [-0.2, 0) is 21.3 Å². The number of ether oxygens (including phenoxy) is 1. The second-order valence-corrected chi connectivity index (χ2v) is 7.63. The Balaban J connectivity index is 0.00000676. The van der Waals surface area contributed by atoms with E-state index in [1.165, 1.54) is 20.0 Å². The summed E-state index contributed by atoms with van der Waals surface area (Å²) in [4.78, 5) is 4.79. The van der Waals surface area contributed by atoms with Crippen LogP contribution < -0.4 is 15.4 Å². The quantitative estimate of drug-likeness (QED) is 0.173. The lowest BCUT2D eigenvalue weighted by Crippen LogP contribution is -2.37. The zero-order valence-corrected chi connectivity index (χ0v) is 19.6. The second-order valence-electron chi connectivity index (χ2n) is 5.86. The zero-order chi connectivity index (χ0) is 19.3. The van der Waals surface area contributed by atoms with E-state index >= 15 is 0 Å². The van der Waals surface area contributed by atoms with E-state index in [4.69, 9.17) is 4.74 Å². The highest BCUT2D eigenvalue weighted by atomic mass is 127. The Morgan fingerprint density at radius 3 is 2.37 bits per heavy atom. The van der Waals surface area contributed by atoms with E-state index in [0.29, 0.717) is 13.2 Å². The predicted molar refractivity (Wildman–Crippen MR) is 121 cm³/mol. The van der Waals surface area contributed by atoms with E-state index in [0.717, 1.165) is 31.0 Å². The number of nitrogens with zero attached hydrogens (tertiary/aromatic N) is 1. The van der Waals surface area contributed by atoms with E-state index in [2.05, 4.69) is 27.3 Å². The van der Waals surface area contributed by atoms with Gasteiger partial charge in [-0.1, -0.05) is 31.9 Å². The fraction of sp³-hybridized carbons (Fsp3) is 0.611. The molecule has 0 aromatic heterocycles. The Labute approximate surface area is 180 Å². The number of hydrogen-bond acceptors (Lipinski definition) is 4. The first-order valence-electron chi connectivity index (χ1n) is 9.13. The number of methoxy groups -OCH3 is 1. The Morgan fingerprint density at radius 2 is 1.78 bits per heavy atom. The van der Waals surface area contributed by atoms with Crippen LogP contribution in [0.5, 0.6) is 0 Å². The molecule has 7 nitrogen and oxygen atoms in total. The smallest absolute Gasteiger partial charge is 0.240 e. The van der Waals surface area contributed by atoms with Gasteiger partial charge in [-0.2, -0.15) is 0 Å². The van der Waals surface area contributed by atoms with Crippen LogP contribution in [0.3, 0.4) is 0 Å². The molecule has 1 aromatic carbocycles. The topological polar surface area (TPSA) is 91.8 Å². The van der Waals surface area contributed by atoms with Crippen LogP contribution in [0, 0.1) is 0 Å². The Hall–Kier alpha value is -0.910. The molecule has 0 spiro atoms. The monoisotopic (exact) mass is 512 g/mol. The largest absolute Gasteiger partial charge is 0.383 e. The first-order valence-corrected chi connectivity index (χ1v) is 10.6. The first-order chi connectivity index (χ1) is 12.5. The summed E-state index contributed by atoms with van der Waals surface area (Å²) in [5, 5.41) is 6.53. The molecule has 9 heteroatoms. The SMILES string of the molecule is CCCCCNC(=NCc1ccc(S(=O)(=O)NCCOC)cc1)NCC.I. The van der Waals surface area contributed by atoms with Gasteiger partial charge in [0, 0.05) is 26.7 Å². The van der Waals surface area contributed by atoms with Crippen molar-refractivity contribution in [1.29, 1.82) is 0 Å². The fourth-order valence-electron chi connectivity index (χ4n) is 2.23. The molecule has 0 heterocycles. The summed E-state index contributed by atoms with van der Waals surface area (Å²) >= 11 is 0. The van der Waals surface area contributed by atoms with Crippen LogP contribution in [0.25, 0.3) is 0 Å². The maximum Gasteiger partial charge on any atom is 0.240 e. The van der Waals surface area contributed by atoms with Crippen LogP contribution in [-0.4, -0.2) is 47.7 Å². The van der Waals surface area contributed by atoms with Gasteiger partial charge in [-0.3, -0.25) is 0 Å². The average molecular weight is 512 g/mol. The maximum absolute atomic E-state index is 12.1. The van der Waals surface area contributed by atoms with E-state index in [1.54, 1.807) is 24.3 Å².